The molecule has 108 valence electrons. The molecule has 1 saturated heterocycles. The molecule has 0 saturated carbocycles. The summed E-state index contributed by atoms with van der Waals surface area (Å²) >= 11 is 0. The number of likely N-dealkylation sites (tertiary alicyclic amines) is 1. The first-order valence-electron chi connectivity index (χ1n) is 7.69. The highest BCUT2D eigenvalue weighted by atomic mass is 16.5. The maximum Gasteiger partial charge on any atom is 0.0599 e. The van der Waals surface area contributed by atoms with Gasteiger partial charge in [-0.2, -0.15) is 0 Å². The summed E-state index contributed by atoms with van der Waals surface area (Å²) in [5.41, 5.74) is 0. The predicted molar refractivity (Wildman–Crippen MR) is 78.0 cm³/mol. The zero-order chi connectivity index (χ0) is 13.4. The van der Waals surface area contributed by atoms with Gasteiger partial charge in [0, 0.05) is 25.7 Å². The zero-order valence-electron chi connectivity index (χ0n) is 12.7. The second kappa shape index (κ2) is 8.89. The summed E-state index contributed by atoms with van der Waals surface area (Å²) in [5.74, 6) is 0.752. The quantitative estimate of drug-likeness (QED) is 0.675. The molecule has 0 amide bonds. The number of ether oxygens (including phenoxy) is 1. The van der Waals surface area contributed by atoms with Crippen LogP contribution in [0.3, 0.4) is 0 Å². The monoisotopic (exact) mass is 256 g/mol. The van der Waals surface area contributed by atoms with Gasteiger partial charge >= 0.3 is 0 Å². The average Bonchev–Trinajstić information content (AvgIpc) is 2.35. The predicted octanol–water partition coefficient (Wildman–Crippen LogP) is 2.51. The maximum atomic E-state index is 5.70. The lowest BCUT2D eigenvalue weighted by molar-refractivity contribution is 0.00506. The Hall–Kier alpha value is -0.120. The topological polar surface area (TPSA) is 24.5 Å². The van der Waals surface area contributed by atoms with Gasteiger partial charge in [0.05, 0.1) is 6.10 Å². The molecule has 0 radical (unpaired) electrons. The number of rotatable bonds is 8. The average molecular weight is 256 g/mol. The van der Waals surface area contributed by atoms with Crippen LogP contribution in [0.25, 0.3) is 0 Å². The Morgan fingerprint density at radius 1 is 1.22 bits per heavy atom. The van der Waals surface area contributed by atoms with Crippen molar-refractivity contribution in [2.75, 3.05) is 32.8 Å². The summed E-state index contributed by atoms with van der Waals surface area (Å²) in [5, 5.41) is 3.53. The zero-order valence-corrected chi connectivity index (χ0v) is 12.7. The highest BCUT2D eigenvalue weighted by Crippen LogP contribution is 2.16. The maximum absolute atomic E-state index is 5.70. The molecule has 18 heavy (non-hydrogen) atoms. The molecule has 1 unspecified atom stereocenters. The molecule has 0 aromatic carbocycles. The molecule has 0 spiro atoms. The number of hydrogen-bond donors (Lipinski definition) is 1. The largest absolute Gasteiger partial charge is 0.378 e. The Morgan fingerprint density at radius 3 is 2.44 bits per heavy atom. The van der Waals surface area contributed by atoms with Gasteiger partial charge in [-0.1, -0.05) is 13.8 Å². The summed E-state index contributed by atoms with van der Waals surface area (Å²) in [7, 11) is 0. The Bertz CT molecular complexity index is 201. The van der Waals surface area contributed by atoms with Crippen LogP contribution >= 0.6 is 0 Å². The van der Waals surface area contributed by atoms with Gasteiger partial charge in [0.15, 0.2) is 0 Å². The molecule has 3 nitrogen and oxygen atoms in total. The van der Waals surface area contributed by atoms with Crippen molar-refractivity contribution in [3.63, 3.8) is 0 Å². The van der Waals surface area contributed by atoms with Crippen LogP contribution in [0.15, 0.2) is 0 Å². The lowest BCUT2D eigenvalue weighted by Crippen LogP contribution is -2.43. The molecule has 0 aromatic heterocycles. The fourth-order valence-corrected chi connectivity index (χ4v) is 2.60. The number of hydrogen-bond acceptors (Lipinski definition) is 3. The molecule has 1 fully saturated rings. The minimum absolute atomic E-state index is 0.512. The van der Waals surface area contributed by atoms with E-state index in [1.165, 1.54) is 32.4 Å². The van der Waals surface area contributed by atoms with Gasteiger partial charge in [0.1, 0.15) is 0 Å². The standard InChI is InChI=1S/C15H32N2O/c1-5-18-15-7-10-17(11-8-15)14(4)6-9-16-12-13(2)3/h13-16H,5-12H2,1-4H3. The fourth-order valence-electron chi connectivity index (χ4n) is 2.60. The van der Waals surface area contributed by atoms with Crippen molar-refractivity contribution in [3.05, 3.63) is 0 Å². The summed E-state index contributed by atoms with van der Waals surface area (Å²) < 4.78 is 5.70. The van der Waals surface area contributed by atoms with Gasteiger partial charge in [0.25, 0.3) is 0 Å². The van der Waals surface area contributed by atoms with Crippen molar-refractivity contribution >= 4 is 0 Å². The Labute approximate surface area is 113 Å². The van der Waals surface area contributed by atoms with Crippen molar-refractivity contribution in [1.82, 2.24) is 10.2 Å². The van der Waals surface area contributed by atoms with Crippen molar-refractivity contribution in [2.24, 2.45) is 5.92 Å². The molecule has 0 aromatic rings. The van der Waals surface area contributed by atoms with Crippen LogP contribution in [0.4, 0.5) is 0 Å². The minimum atomic E-state index is 0.512. The second-order valence-electron chi connectivity index (χ2n) is 5.93. The Balaban J connectivity index is 2.10. The molecule has 1 heterocycles. The van der Waals surface area contributed by atoms with E-state index in [-0.39, 0.29) is 0 Å². The second-order valence-corrected chi connectivity index (χ2v) is 5.93. The summed E-state index contributed by atoms with van der Waals surface area (Å²) in [6, 6.07) is 0.701. The third-order valence-corrected chi connectivity index (χ3v) is 3.79. The number of nitrogens with one attached hydrogen (secondary N) is 1. The lowest BCUT2D eigenvalue weighted by atomic mass is 10.0. The van der Waals surface area contributed by atoms with E-state index in [9.17, 15) is 0 Å². The third-order valence-electron chi connectivity index (χ3n) is 3.79. The van der Waals surface area contributed by atoms with E-state index >= 15 is 0 Å². The minimum Gasteiger partial charge on any atom is -0.378 e. The van der Waals surface area contributed by atoms with Crippen molar-refractivity contribution in [3.8, 4) is 0 Å². The van der Waals surface area contributed by atoms with E-state index in [1.54, 1.807) is 0 Å². The molecule has 0 bridgehead atoms. The van der Waals surface area contributed by atoms with Gasteiger partial charge < -0.3 is 15.0 Å². The van der Waals surface area contributed by atoms with E-state index in [4.69, 9.17) is 4.74 Å². The van der Waals surface area contributed by atoms with Crippen LogP contribution in [-0.2, 0) is 4.74 Å². The van der Waals surface area contributed by atoms with Gasteiger partial charge in [-0.3, -0.25) is 0 Å². The van der Waals surface area contributed by atoms with Crippen LogP contribution in [0.2, 0.25) is 0 Å². The molecule has 3 heteroatoms. The molecular weight excluding hydrogens is 224 g/mol. The first-order chi connectivity index (χ1) is 8.63. The molecule has 1 N–H and O–H groups in total. The third kappa shape index (κ3) is 6.17. The van der Waals surface area contributed by atoms with Crippen LogP contribution in [0, 0.1) is 5.92 Å². The van der Waals surface area contributed by atoms with Crippen LogP contribution in [-0.4, -0.2) is 49.8 Å². The van der Waals surface area contributed by atoms with Crippen molar-refractivity contribution in [1.29, 1.82) is 0 Å². The normalized spacial score (nSPS) is 20.5. The number of nitrogens with zero attached hydrogens (tertiary/aromatic N) is 1. The van der Waals surface area contributed by atoms with Crippen molar-refractivity contribution in [2.45, 2.75) is 59.1 Å². The molecule has 1 aliphatic rings. The molecule has 1 aliphatic heterocycles. The highest BCUT2D eigenvalue weighted by Gasteiger charge is 2.22. The van der Waals surface area contributed by atoms with Gasteiger partial charge in [-0.05, 0) is 52.1 Å². The Kier molecular flexibility index (Phi) is 7.87. The van der Waals surface area contributed by atoms with E-state index < -0.39 is 0 Å². The van der Waals surface area contributed by atoms with E-state index in [1.807, 2.05) is 0 Å². The lowest BCUT2D eigenvalue weighted by Gasteiger charge is -2.36. The van der Waals surface area contributed by atoms with Crippen molar-refractivity contribution < 1.29 is 4.74 Å². The summed E-state index contributed by atoms with van der Waals surface area (Å²) in [6.45, 7) is 14.5. The summed E-state index contributed by atoms with van der Waals surface area (Å²) in [4.78, 5) is 2.62. The Morgan fingerprint density at radius 2 is 1.89 bits per heavy atom. The SMILES string of the molecule is CCOC1CCN(C(C)CCNCC(C)C)CC1. The smallest absolute Gasteiger partial charge is 0.0599 e. The fraction of sp³-hybridized carbons (Fsp3) is 1.00. The molecule has 0 aliphatic carbocycles. The van der Waals surface area contributed by atoms with Crippen LogP contribution < -0.4 is 5.32 Å². The van der Waals surface area contributed by atoms with Gasteiger partial charge in [0.2, 0.25) is 0 Å². The van der Waals surface area contributed by atoms with Crippen LogP contribution in [0.5, 0.6) is 0 Å². The van der Waals surface area contributed by atoms with Crippen LogP contribution in [0.1, 0.15) is 47.0 Å². The first kappa shape index (κ1) is 15.9. The van der Waals surface area contributed by atoms with Gasteiger partial charge in [-0.15, -0.1) is 0 Å². The molecule has 1 atom stereocenters. The molecular formula is C15H32N2O. The number of piperidine rings is 1. The van der Waals surface area contributed by atoms with E-state index in [0.717, 1.165) is 25.6 Å². The molecule has 1 rings (SSSR count). The van der Waals surface area contributed by atoms with Gasteiger partial charge in [-0.25, -0.2) is 0 Å². The first-order valence-corrected chi connectivity index (χ1v) is 7.69. The highest BCUT2D eigenvalue weighted by molar-refractivity contribution is 4.77. The van der Waals surface area contributed by atoms with E-state index in [0.29, 0.717) is 12.1 Å². The summed E-state index contributed by atoms with van der Waals surface area (Å²) in [6.07, 6.45) is 4.18. The van der Waals surface area contributed by atoms with E-state index in [2.05, 4.69) is 37.9 Å².